The molecule has 30 heavy (non-hydrogen) atoms. The molecule has 0 aliphatic carbocycles. The second-order valence-corrected chi connectivity index (χ2v) is 9.07. The highest BCUT2D eigenvalue weighted by molar-refractivity contribution is 7.92. The van der Waals surface area contributed by atoms with Crippen molar-refractivity contribution in [1.29, 1.82) is 0 Å². The maximum Gasteiger partial charge on any atom is 0.264 e. The number of carbonyl (C=O) groups excluding carboxylic acids is 1. The Morgan fingerprint density at radius 3 is 2.37 bits per heavy atom. The van der Waals surface area contributed by atoms with Gasteiger partial charge in [0.2, 0.25) is 0 Å². The van der Waals surface area contributed by atoms with Crippen molar-refractivity contribution in [2.75, 3.05) is 11.4 Å². The minimum Gasteiger partial charge on any atom is -0.348 e. The number of carbonyl (C=O) groups is 1. The van der Waals surface area contributed by atoms with E-state index in [0.29, 0.717) is 11.3 Å². The SMILES string of the molecule is Cc1ccc(N(C)S(=O)(=O)c2cccc(C(=O)NCc3ccc(F)c(C)c3)c2)cc1. The number of sulfonamides is 1. The van der Waals surface area contributed by atoms with Crippen LogP contribution in [0.1, 0.15) is 27.0 Å². The molecule has 0 bridgehead atoms. The Labute approximate surface area is 176 Å². The van der Waals surface area contributed by atoms with Crippen molar-refractivity contribution >= 4 is 21.6 Å². The molecule has 5 nitrogen and oxygen atoms in total. The molecule has 0 saturated heterocycles. The molecule has 0 saturated carbocycles. The maximum atomic E-state index is 13.4. The monoisotopic (exact) mass is 426 g/mol. The number of rotatable bonds is 6. The van der Waals surface area contributed by atoms with Gasteiger partial charge < -0.3 is 5.32 Å². The minimum absolute atomic E-state index is 0.0239. The Kier molecular flexibility index (Phi) is 6.22. The molecule has 156 valence electrons. The van der Waals surface area contributed by atoms with E-state index < -0.39 is 15.9 Å². The van der Waals surface area contributed by atoms with Crippen molar-refractivity contribution < 1.29 is 17.6 Å². The lowest BCUT2D eigenvalue weighted by atomic mass is 10.1. The molecular weight excluding hydrogens is 403 g/mol. The first-order valence-electron chi connectivity index (χ1n) is 9.37. The molecule has 3 aromatic rings. The largest absolute Gasteiger partial charge is 0.348 e. The Morgan fingerprint density at radius 1 is 1.00 bits per heavy atom. The third kappa shape index (κ3) is 4.68. The summed E-state index contributed by atoms with van der Waals surface area (Å²) in [7, 11) is -2.35. The van der Waals surface area contributed by atoms with E-state index in [1.807, 2.05) is 19.1 Å². The van der Waals surface area contributed by atoms with E-state index in [2.05, 4.69) is 5.32 Å². The molecule has 0 aliphatic rings. The number of benzene rings is 3. The number of hydrogen-bond donors (Lipinski definition) is 1. The highest BCUT2D eigenvalue weighted by atomic mass is 32.2. The fraction of sp³-hybridized carbons (Fsp3) is 0.174. The topological polar surface area (TPSA) is 66.5 Å². The van der Waals surface area contributed by atoms with Gasteiger partial charge in [0.25, 0.3) is 15.9 Å². The summed E-state index contributed by atoms with van der Waals surface area (Å²) in [6.07, 6.45) is 0. The van der Waals surface area contributed by atoms with Crippen LogP contribution in [-0.2, 0) is 16.6 Å². The second kappa shape index (κ2) is 8.67. The number of nitrogens with zero attached hydrogens (tertiary/aromatic N) is 1. The van der Waals surface area contributed by atoms with Gasteiger partial charge in [0.1, 0.15) is 5.82 Å². The zero-order chi connectivity index (χ0) is 21.9. The fourth-order valence-corrected chi connectivity index (χ4v) is 4.19. The van der Waals surface area contributed by atoms with Crippen LogP contribution in [0.4, 0.5) is 10.1 Å². The molecular formula is C23H23FN2O3S. The molecule has 3 rings (SSSR count). The van der Waals surface area contributed by atoms with Crippen molar-refractivity contribution in [1.82, 2.24) is 5.32 Å². The van der Waals surface area contributed by atoms with Crippen molar-refractivity contribution in [3.63, 3.8) is 0 Å². The van der Waals surface area contributed by atoms with E-state index in [0.717, 1.165) is 11.1 Å². The van der Waals surface area contributed by atoms with Gasteiger partial charge in [-0.2, -0.15) is 0 Å². The summed E-state index contributed by atoms with van der Waals surface area (Å²) < 4.78 is 40.6. The molecule has 0 heterocycles. The van der Waals surface area contributed by atoms with Gasteiger partial charge in [-0.25, -0.2) is 12.8 Å². The van der Waals surface area contributed by atoms with Gasteiger partial charge >= 0.3 is 0 Å². The van der Waals surface area contributed by atoms with Crippen LogP contribution in [0.25, 0.3) is 0 Å². The van der Waals surface area contributed by atoms with Crippen molar-refractivity contribution in [2.24, 2.45) is 0 Å². The summed E-state index contributed by atoms with van der Waals surface area (Å²) in [4.78, 5) is 12.6. The number of aryl methyl sites for hydroxylation is 2. The van der Waals surface area contributed by atoms with Crippen LogP contribution >= 0.6 is 0 Å². The number of halogens is 1. The van der Waals surface area contributed by atoms with Crippen LogP contribution in [0, 0.1) is 19.7 Å². The number of amides is 1. The first-order valence-corrected chi connectivity index (χ1v) is 10.8. The van der Waals surface area contributed by atoms with Crippen LogP contribution in [0.5, 0.6) is 0 Å². The van der Waals surface area contributed by atoms with Gasteiger partial charge in [0.05, 0.1) is 10.6 Å². The van der Waals surface area contributed by atoms with Gasteiger partial charge in [-0.1, -0.05) is 35.9 Å². The molecule has 0 unspecified atom stereocenters. The van der Waals surface area contributed by atoms with Crippen LogP contribution in [0.15, 0.2) is 71.6 Å². The number of nitrogens with one attached hydrogen (secondary N) is 1. The lowest BCUT2D eigenvalue weighted by Gasteiger charge is -2.20. The molecule has 3 aromatic carbocycles. The lowest BCUT2D eigenvalue weighted by molar-refractivity contribution is 0.0950. The van der Waals surface area contributed by atoms with Crippen molar-refractivity contribution in [3.8, 4) is 0 Å². The fourth-order valence-electron chi connectivity index (χ4n) is 2.95. The van der Waals surface area contributed by atoms with Crippen molar-refractivity contribution in [3.05, 3.63) is 94.8 Å². The molecule has 0 spiro atoms. The van der Waals surface area contributed by atoms with Crippen LogP contribution < -0.4 is 9.62 Å². The average molecular weight is 427 g/mol. The Morgan fingerprint density at radius 2 is 1.70 bits per heavy atom. The molecule has 1 amide bonds. The highest BCUT2D eigenvalue weighted by Crippen LogP contribution is 2.23. The zero-order valence-electron chi connectivity index (χ0n) is 17.0. The van der Waals surface area contributed by atoms with Crippen molar-refractivity contribution in [2.45, 2.75) is 25.3 Å². The van der Waals surface area contributed by atoms with Crippen LogP contribution in [0.2, 0.25) is 0 Å². The highest BCUT2D eigenvalue weighted by Gasteiger charge is 2.22. The predicted molar refractivity (Wildman–Crippen MR) is 116 cm³/mol. The molecule has 0 aliphatic heterocycles. The molecule has 0 atom stereocenters. The van der Waals surface area contributed by atoms with Gasteiger partial charge in [-0.05, 0) is 61.4 Å². The summed E-state index contributed by atoms with van der Waals surface area (Å²) in [5, 5.41) is 2.74. The van der Waals surface area contributed by atoms with E-state index in [4.69, 9.17) is 0 Å². The lowest BCUT2D eigenvalue weighted by Crippen LogP contribution is -2.27. The van der Waals surface area contributed by atoms with Gasteiger partial charge in [-0.3, -0.25) is 9.10 Å². The predicted octanol–water partition coefficient (Wildman–Crippen LogP) is 4.20. The second-order valence-electron chi connectivity index (χ2n) is 7.10. The summed E-state index contributed by atoms with van der Waals surface area (Å²) in [6, 6.07) is 17.6. The summed E-state index contributed by atoms with van der Waals surface area (Å²) in [5.74, 6) is -0.715. The van der Waals surface area contributed by atoms with E-state index in [9.17, 15) is 17.6 Å². The molecule has 1 N–H and O–H groups in total. The van der Waals surface area contributed by atoms with E-state index in [1.54, 1.807) is 37.3 Å². The smallest absolute Gasteiger partial charge is 0.264 e. The summed E-state index contributed by atoms with van der Waals surface area (Å²) in [6.45, 7) is 3.79. The summed E-state index contributed by atoms with van der Waals surface area (Å²) >= 11 is 0. The van der Waals surface area contributed by atoms with E-state index >= 15 is 0 Å². The molecule has 0 aromatic heterocycles. The standard InChI is InChI=1S/C23H23FN2O3S/c1-16-7-10-20(11-8-16)26(3)30(28,29)21-6-4-5-19(14-21)23(27)25-15-18-9-12-22(24)17(2)13-18/h4-14H,15H2,1-3H3,(H,25,27). The molecule has 7 heteroatoms. The Hall–Kier alpha value is -3.19. The van der Waals surface area contributed by atoms with E-state index in [1.165, 1.54) is 35.6 Å². The van der Waals surface area contributed by atoms with Gasteiger partial charge in [-0.15, -0.1) is 0 Å². The number of hydrogen-bond acceptors (Lipinski definition) is 3. The Bertz CT molecular complexity index is 1180. The van der Waals surface area contributed by atoms with Crippen LogP contribution in [0.3, 0.4) is 0 Å². The summed E-state index contributed by atoms with van der Waals surface area (Å²) in [5.41, 5.74) is 3.04. The quantitative estimate of drug-likeness (QED) is 0.643. The molecule has 0 fully saturated rings. The minimum atomic E-state index is -3.83. The first kappa shape index (κ1) is 21.5. The molecule has 0 radical (unpaired) electrons. The maximum absolute atomic E-state index is 13.4. The van der Waals surface area contributed by atoms with Crippen LogP contribution in [-0.4, -0.2) is 21.4 Å². The van der Waals surface area contributed by atoms with Gasteiger partial charge in [0.15, 0.2) is 0 Å². The number of anilines is 1. The normalized spacial score (nSPS) is 11.2. The van der Waals surface area contributed by atoms with Gasteiger partial charge in [0, 0.05) is 19.2 Å². The first-order chi connectivity index (χ1) is 14.2. The third-order valence-electron chi connectivity index (χ3n) is 4.83. The third-order valence-corrected chi connectivity index (χ3v) is 6.61. The van der Waals surface area contributed by atoms with E-state index in [-0.39, 0.29) is 22.8 Å². The average Bonchev–Trinajstić information content (AvgIpc) is 2.74. The zero-order valence-corrected chi connectivity index (χ0v) is 17.8. The Balaban J connectivity index is 1.78.